The van der Waals surface area contributed by atoms with Crippen LogP contribution in [-0.4, -0.2) is 19.7 Å². The zero-order chi connectivity index (χ0) is 15.5. The molecule has 2 aromatic carbocycles. The molecule has 0 saturated heterocycles. The fourth-order valence-electron chi connectivity index (χ4n) is 2.17. The highest BCUT2D eigenvalue weighted by Crippen LogP contribution is 2.29. The smallest absolute Gasteiger partial charge is 0.330 e. The third kappa shape index (κ3) is 2.68. The highest BCUT2D eigenvalue weighted by Gasteiger charge is 2.37. The number of fused-ring (bicyclic) bond motifs is 1. The van der Waals surface area contributed by atoms with Gasteiger partial charge in [0.2, 0.25) is 0 Å². The van der Waals surface area contributed by atoms with Gasteiger partial charge in [0, 0.05) is 0 Å². The van der Waals surface area contributed by atoms with E-state index in [9.17, 15) is 10.1 Å². The van der Waals surface area contributed by atoms with Gasteiger partial charge in [-0.15, -0.1) is 0 Å². The van der Waals surface area contributed by atoms with Crippen molar-refractivity contribution in [2.75, 3.05) is 13.7 Å². The Morgan fingerprint density at radius 2 is 1.90 bits per heavy atom. The maximum atomic E-state index is 12.1. The van der Waals surface area contributed by atoms with Crippen LogP contribution < -0.4 is 4.74 Å². The number of ether oxygens (including phenoxy) is 2. The molecular formula is C17H17NO3. The lowest BCUT2D eigenvalue weighted by Gasteiger charge is -2.20. The van der Waals surface area contributed by atoms with E-state index in [0.29, 0.717) is 5.56 Å². The summed E-state index contributed by atoms with van der Waals surface area (Å²) in [5.74, 6) is 0.240. The van der Waals surface area contributed by atoms with Gasteiger partial charge in [-0.25, -0.2) is 4.79 Å². The number of hydrogen-bond acceptors (Lipinski definition) is 4. The number of benzene rings is 2. The highest BCUT2D eigenvalue weighted by molar-refractivity contribution is 5.90. The molecule has 0 bridgehead atoms. The minimum absolute atomic E-state index is 0.251. The molecule has 0 amide bonds. The normalized spacial score (nSPS) is 13.2. The zero-order valence-electron chi connectivity index (χ0n) is 12.3. The van der Waals surface area contributed by atoms with E-state index in [1.165, 1.54) is 0 Å². The molecule has 21 heavy (non-hydrogen) atoms. The minimum Gasteiger partial charge on any atom is -0.497 e. The number of nitrogens with zero attached hydrogens (tertiary/aromatic N) is 1. The lowest BCUT2D eigenvalue weighted by Crippen LogP contribution is -2.32. The number of carbonyl (C=O) groups excluding carboxylic acids is 1. The summed E-state index contributed by atoms with van der Waals surface area (Å²) in [5.41, 5.74) is -0.675. The maximum absolute atomic E-state index is 12.1. The van der Waals surface area contributed by atoms with E-state index in [2.05, 4.69) is 6.07 Å². The maximum Gasteiger partial charge on any atom is 0.330 e. The van der Waals surface area contributed by atoms with Crippen molar-refractivity contribution in [2.24, 2.45) is 0 Å². The third-order valence-corrected chi connectivity index (χ3v) is 3.53. The molecule has 0 aliphatic carbocycles. The lowest BCUT2D eigenvalue weighted by atomic mass is 9.83. The number of esters is 1. The number of rotatable bonds is 4. The first kappa shape index (κ1) is 14.9. The molecule has 0 spiro atoms. The zero-order valence-corrected chi connectivity index (χ0v) is 12.3. The van der Waals surface area contributed by atoms with Crippen molar-refractivity contribution >= 4 is 16.7 Å². The first-order valence-electron chi connectivity index (χ1n) is 6.72. The second kappa shape index (κ2) is 5.84. The molecule has 0 N–H and O–H groups in total. The van der Waals surface area contributed by atoms with Gasteiger partial charge >= 0.3 is 5.97 Å². The molecule has 108 valence electrons. The Balaban J connectivity index is 2.51. The predicted molar refractivity (Wildman–Crippen MR) is 80.1 cm³/mol. The standard InChI is InChI=1S/C17H17NO3/c1-4-21-16(19)17(2,11-18)14-7-5-13-10-15(20-3)8-6-12(13)9-14/h5-10H,4H2,1-3H3. The minimum atomic E-state index is -1.30. The van der Waals surface area contributed by atoms with Crippen LogP contribution in [0.15, 0.2) is 36.4 Å². The average Bonchev–Trinajstić information content (AvgIpc) is 2.53. The number of nitriles is 1. The molecule has 4 nitrogen and oxygen atoms in total. The Kier molecular flexibility index (Phi) is 4.13. The highest BCUT2D eigenvalue weighted by atomic mass is 16.5. The second-order valence-electron chi connectivity index (χ2n) is 4.89. The average molecular weight is 283 g/mol. The summed E-state index contributed by atoms with van der Waals surface area (Å²) in [5, 5.41) is 11.4. The SMILES string of the molecule is CCOC(=O)C(C)(C#N)c1ccc2cc(OC)ccc2c1. The van der Waals surface area contributed by atoms with Crippen LogP contribution in [0.2, 0.25) is 0 Å². The summed E-state index contributed by atoms with van der Waals surface area (Å²) in [6.07, 6.45) is 0. The van der Waals surface area contributed by atoms with Crippen molar-refractivity contribution in [2.45, 2.75) is 19.3 Å². The van der Waals surface area contributed by atoms with Crippen LogP contribution in [0, 0.1) is 11.3 Å². The Hall–Kier alpha value is -2.54. The Morgan fingerprint density at radius 1 is 1.24 bits per heavy atom. The molecule has 4 heteroatoms. The summed E-state index contributed by atoms with van der Waals surface area (Å²) in [6, 6.07) is 13.2. The summed E-state index contributed by atoms with van der Waals surface area (Å²) in [6.45, 7) is 3.55. The van der Waals surface area contributed by atoms with E-state index in [1.54, 1.807) is 27.0 Å². The van der Waals surface area contributed by atoms with Crippen molar-refractivity contribution in [1.29, 1.82) is 5.26 Å². The third-order valence-electron chi connectivity index (χ3n) is 3.53. The van der Waals surface area contributed by atoms with Crippen molar-refractivity contribution in [3.8, 4) is 11.8 Å². The largest absolute Gasteiger partial charge is 0.497 e. The summed E-state index contributed by atoms with van der Waals surface area (Å²) >= 11 is 0. The van der Waals surface area contributed by atoms with E-state index in [4.69, 9.17) is 9.47 Å². The van der Waals surface area contributed by atoms with Crippen LogP contribution >= 0.6 is 0 Å². The van der Waals surface area contributed by atoms with E-state index < -0.39 is 11.4 Å². The van der Waals surface area contributed by atoms with Crippen LogP contribution in [-0.2, 0) is 14.9 Å². The van der Waals surface area contributed by atoms with Gasteiger partial charge in [0.15, 0.2) is 5.41 Å². The molecule has 1 unspecified atom stereocenters. The number of carbonyl (C=O) groups is 1. The molecular weight excluding hydrogens is 266 g/mol. The van der Waals surface area contributed by atoms with E-state index in [1.807, 2.05) is 30.3 Å². The van der Waals surface area contributed by atoms with Crippen molar-refractivity contribution in [3.05, 3.63) is 42.0 Å². The molecule has 0 aliphatic rings. The Bertz CT molecular complexity index is 718. The van der Waals surface area contributed by atoms with Gasteiger partial charge < -0.3 is 9.47 Å². The van der Waals surface area contributed by atoms with Crippen LogP contribution in [0.25, 0.3) is 10.8 Å². The summed E-state index contributed by atoms with van der Waals surface area (Å²) < 4.78 is 10.2. The van der Waals surface area contributed by atoms with Gasteiger partial charge in [-0.05, 0) is 48.4 Å². The molecule has 0 fully saturated rings. The van der Waals surface area contributed by atoms with E-state index in [0.717, 1.165) is 16.5 Å². The fraction of sp³-hybridized carbons (Fsp3) is 0.294. The molecule has 1 atom stereocenters. The van der Waals surface area contributed by atoms with Gasteiger partial charge in [-0.3, -0.25) is 0 Å². The first-order valence-corrected chi connectivity index (χ1v) is 6.72. The summed E-state index contributed by atoms with van der Waals surface area (Å²) in [4.78, 5) is 12.1. The Morgan fingerprint density at radius 3 is 2.52 bits per heavy atom. The van der Waals surface area contributed by atoms with Crippen molar-refractivity contribution in [1.82, 2.24) is 0 Å². The quantitative estimate of drug-likeness (QED) is 0.808. The first-order chi connectivity index (χ1) is 10.0. The monoisotopic (exact) mass is 283 g/mol. The molecule has 0 radical (unpaired) electrons. The molecule has 2 rings (SSSR count). The molecule has 0 heterocycles. The Labute approximate surface area is 123 Å². The number of hydrogen-bond donors (Lipinski definition) is 0. The van der Waals surface area contributed by atoms with Crippen molar-refractivity contribution in [3.63, 3.8) is 0 Å². The lowest BCUT2D eigenvalue weighted by molar-refractivity contribution is -0.147. The van der Waals surface area contributed by atoms with Gasteiger partial charge in [0.25, 0.3) is 0 Å². The topological polar surface area (TPSA) is 59.3 Å². The van der Waals surface area contributed by atoms with Crippen LogP contribution in [0.5, 0.6) is 5.75 Å². The van der Waals surface area contributed by atoms with Gasteiger partial charge in [-0.2, -0.15) is 5.26 Å². The molecule has 2 aromatic rings. The molecule has 0 aromatic heterocycles. The van der Waals surface area contributed by atoms with Gasteiger partial charge in [0.1, 0.15) is 5.75 Å². The van der Waals surface area contributed by atoms with E-state index >= 15 is 0 Å². The van der Waals surface area contributed by atoms with Gasteiger partial charge in [0.05, 0.1) is 19.8 Å². The van der Waals surface area contributed by atoms with Crippen molar-refractivity contribution < 1.29 is 14.3 Å². The van der Waals surface area contributed by atoms with Crippen LogP contribution in [0.4, 0.5) is 0 Å². The van der Waals surface area contributed by atoms with Gasteiger partial charge in [-0.1, -0.05) is 18.2 Å². The summed E-state index contributed by atoms with van der Waals surface area (Å²) in [7, 11) is 1.61. The fourth-order valence-corrected chi connectivity index (χ4v) is 2.17. The van der Waals surface area contributed by atoms with E-state index in [-0.39, 0.29) is 6.61 Å². The van der Waals surface area contributed by atoms with Crippen LogP contribution in [0.3, 0.4) is 0 Å². The van der Waals surface area contributed by atoms with Crippen LogP contribution in [0.1, 0.15) is 19.4 Å². The molecule has 0 aliphatic heterocycles. The number of methoxy groups -OCH3 is 1. The molecule has 0 saturated carbocycles. The second-order valence-corrected chi connectivity index (χ2v) is 4.89. The predicted octanol–water partition coefficient (Wildman–Crippen LogP) is 3.19.